The van der Waals surface area contributed by atoms with Crippen LogP contribution in [0, 0.1) is 0 Å². The van der Waals surface area contributed by atoms with Gasteiger partial charge in [0.2, 0.25) is 0 Å². The van der Waals surface area contributed by atoms with Crippen LogP contribution in [0.2, 0.25) is 0 Å². The van der Waals surface area contributed by atoms with E-state index in [1.807, 2.05) is 27.8 Å². The molecule has 0 spiro atoms. The highest BCUT2D eigenvalue weighted by Crippen LogP contribution is 2.06. The molecule has 0 aliphatic rings. The fourth-order valence-corrected chi connectivity index (χ4v) is 1.59. The molecule has 6 nitrogen and oxygen atoms in total. The van der Waals surface area contributed by atoms with Gasteiger partial charge in [-0.05, 0) is 34.2 Å². The monoisotopic (exact) mass is 275 g/mol. The molecule has 0 aromatic heterocycles. The predicted molar refractivity (Wildman–Crippen MR) is 76.2 cm³/mol. The van der Waals surface area contributed by atoms with Gasteiger partial charge in [-0.25, -0.2) is 4.79 Å². The zero-order chi connectivity index (χ0) is 14.9. The average molecular weight is 275 g/mol. The lowest BCUT2D eigenvalue weighted by atomic mass is 10.2. The van der Waals surface area contributed by atoms with Gasteiger partial charge in [-0.1, -0.05) is 0 Å². The topological polar surface area (TPSA) is 76.8 Å². The summed E-state index contributed by atoms with van der Waals surface area (Å²) >= 11 is 0. The normalized spacial score (nSPS) is 13.4. The number of alkyl carbamates (subject to hydrolysis) is 1. The van der Waals surface area contributed by atoms with Crippen molar-refractivity contribution < 1.29 is 14.3 Å². The number of nitrogens with one attached hydrogen (secondary N) is 1. The lowest BCUT2D eigenvalue weighted by Crippen LogP contribution is -2.42. The summed E-state index contributed by atoms with van der Waals surface area (Å²) in [6.45, 7) is 8.12. The van der Waals surface area contributed by atoms with Crippen LogP contribution in [0.5, 0.6) is 0 Å². The van der Waals surface area contributed by atoms with E-state index >= 15 is 0 Å². The van der Waals surface area contributed by atoms with Crippen molar-refractivity contribution in [3.63, 3.8) is 0 Å². The lowest BCUT2D eigenvalue weighted by molar-refractivity contribution is 0.0521. The van der Waals surface area contributed by atoms with E-state index in [4.69, 9.17) is 15.2 Å². The molecule has 0 aromatic carbocycles. The van der Waals surface area contributed by atoms with Crippen molar-refractivity contribution in [2.45, 2.75) is 38.8 Å². The third-order valence-corrected chi connectivity index (χ3v) is 2.69. The lowest BCUT2D eigenvalue weighted by Gasteiger charge is -2.27. The summed E-state index contributed by atoms with van der Waals surface area (Å²) in [5.74, 6) is 0. The van der Waals surface area contributed by atoms with Crippen LogP contribution in [0.1, 0.15) is 27.2 Å². The maximum Gasteiger partial charge on any atom is 0.407 e. The van der Waals surface area contributed by atoms with Crippen molar-refractivity contribution in [1.29, 1.82) is 0 Å². The van der Waals surface area contributed by atoms with Gasteiger partial charge in [-0.2, -0.15) is 0 Å². The molecule has 0 rings (SSSR count). The third-order valence-electron chi connectivity index (χ3n) is 2.69. The number of methoxy groups -OCH3 is 1. The van der Waals surface area contributed by atoms with Crippen LogP contribution < -0.4 is 11.1 Å². The minimum atomic E-state index is -0.466. The van der Waals surface area contributed by atoms with E-state index in [1.165, 1.54) is 0 Å². The summed E-state index contributed by atoms with van der Waals surface area (Å²) in [6.07, 6.45) is 0.401. The molecule has 0 aromatic rings. The molecular weight excluding hydrogens is 246 g/mol. The maximum atomic E-state index is 11.5. The summed E-state index contributed by atoms with van der Waals surface area (Å²) < 4.78 is 10.2. The zero-order valence-electron chi connectivity index (χ0n) is 12.9. The Bertz CT molecular complexity index is 254. The van der Waals surface area contributed by atoms with Gasteiger partial charge in [-0.15, -0.1) is 0 Å². The van der Waals surface area contributed by atoms with Crippen LogP contribution in [0.3, 0.4) is 0 Å². The SMILES string of the molecule is COCCN(C)C(CN)CCNC(=O)OC(C)(C)C. The van der Waals surface area contributed by atoms with Gasteiger partial charge in [-0.3, -0.25) is 4.90 Å². The van der Waals surface area contributed by atoms with Gasteiger partial charge < -0.3 is 20.5 Å². The third kappa shape index (κ3) is 9.69. The smallest absolute Gasteiger partial charge is 0.407 e. The van der Waals surface area contributed by atoms with Crippen molar-refractivity contribution in [2.75, 3.05) is 40.4 Å². The van der Waals surface area contributed by atoms with Crippen molar-refractivity contribution in [3.8, 4) is 0 Å². The first-order valence-corrected chi connectivity index (χ1v) is 6.66. The molecule has 0 saturated heterocycles. The van der Waals surface area contributed by atoms with Crippen LogP contribution in [0.4, 0.5) is 4.79 Å². The summed E-state index contributed by atoms with van der Waals surface area (Å²) in [5, 5.41) is 2.74. The molecule has 0 aliphatic heterocycles. The minimum Gasteiger partial charge on any atom is -0.444 e. The number of carbonyl (C=O) groups excluding carboxylic acids is 1. The maximum absolute atomic E-state index is 11.5. The number of likely N-dealkylation sites (N-methyl/N-ethyl adjacent to an activating group) is 1. The van der Waals surface area contributed by atoms with E-state index in [0.29, 0.717) is 19.7 Å². The van der Waals surface area contributed by atoms with Gasteiger partial charge in [0.05, 0.1) is 6.61 Å². The van der Waals surface area contributed by atoms with Crippen molar-refractivity contribution in [3.05, 3.63) is 0 Å². The minimum absolute atomic E-state index is 0.227. The van der Waals surface area contributed by atoms with E-state index in [9.17, 15) is 4.79 Å². The summed E-state index contributed by atoms with van der Waals surface area (Å²) in [5.41, 5.74) is 5.27. The second kappa shape index (κ2) is 9.12. The Morgan fingerprint density at radius 2 is 2.05 bits per heavy atom. The van der Waals surface area contributed by atoms with Crippen LogP contribution in [0.25, 0.3) is 0 Å². The van der Waals surface area contributed by atoms with E-state index < -0.39 is 5.60 Å². The Kier molecular flexibility index (Phi) is 8.71. The number of nitrogens with two attached hydrogens (primary N) is 1. The van der Waals surface area contributed by atoms with Crippen molar-refractivity contribution in [2.24, 2.45) is 5.73 Å². The number of hydrogen-bond acceptors (Lipinski definition) is 5. The average Bonchev–Trinajstić information content (AvgIpc) is 2.29. The second-order valence-electron chi connectivity index (χ2n) is 5.58. The first kappa shape index (κ1) is 18.1. The van der Waals surface area contributed by atoms with Crippen LogP contribution in [0.15, 0.2) is 0 Å². The molecule has 0 bridgehead atoms. The quantitative estimate of drug-likeness (QED) is 0.685. The van der Waals surface area contributed by atoms with Gasteiger partial charge >= 0.3 is 6.09 Å². The Morgan fingerprint density at radius 3 is 2.53 bits per heavy atom. The highest BCUT2D eigenvalue weighted by Gasteiger charge is 2.17. The standard InChI is InChI=1S/C13H29N3O3/c1-13(2,3)19-12(17)15-7-6-11(10-14)16(4)8-9-18-5/h11H,6-10,14H2,1-5H3,(H,15,17). The Hall–Kier alpha value is -0.850. The molecule has 3 N–H and O–H groups in total. The number of rotatable bonds is 8. The molecule has 19 heavy (non-hydrogen) atoms. The molecule has 0 aliphatic carbocycles. The highest BCUT2D eigenvalue weighted by atomic mass is 16.6. The predicted octanol–water partition coefficient (Wildman–Crippen LogP) is 0.807. The van der Waals surface area contributed by atoms with Gasteiger partial charge in [0.15, 0.2) is 0 Å². The van der Waals surface area contributed by atoms with E-state index in [0.717, 1.165) is 13.0 Å². The van der Waals surface area contributed by atoms with E-state index in [2.05, 4.69) is 10.2 Å². The molecule has 6 heteroatoms. The number of ether oxygens (including phenoxy) is 2. The van der Waals surface area contributed by atoms with Crippen molar-refractivity contribution in [1.82, 2.24) is 10.2 Å². The Labute approximate surface area is 116 Å². The Balaban J connectivity index is 3.92. The van der Waals surface area contributed by atoms with Gasteiger partial charge in [0.25, 0.3) is 0 Å². The summed E-state index contributed by atoms with van der Waals surface area (Å²) in [6, 6.07) is 0.227. The molecule has 0 radical (unpaired) electrons. The number of carbonyl (C=O) groups is 1. The van der Waals surface area contributed by atoms with Crippen LogP contribution >= 0.6 is 0 Å². The number of nitrogens with zero attached hydrogens (tertiary/aromatic N) is 1. The summed E-state index contributed by atoms with van der Waals surface area (Å²) in [7, 11) is 3.68. The van der Waals surface area contributed by atoms with Gasteiger partial charge in [0, 0.05) is 32.8 Å². The second-order valence-corrected chi connectivity index (χ2v) is 5.58. The van der Waals surface area contributed by atoms with Crippen LogP contribution in [-0.2, 0) is 9.47 Å². The number of hydrogen-bond donors (Lipinski definition) is 2. The van der Waals surface area contributed by atoms with Gasteiger partial charge in [0.1, 0.15) is 5.60 Å². The fraction of sp³-hybridized carbons (Fsp3) is 0.923. The molecule has 0 fully saturated rings. The fourth-order valence-electron chi connectivity index (χ4n) is 1.59. The molecule has 1 unspecified atom stereocenters. The highest BCUT2D eigenvalue weighted by molar-refractivity contribution is 5.67. The van der Waals surface area contributed by atoms with Crippen LogP contribution in [-0.4, -0.2) is 63.0 Å². The molecule has 0 saturated carbocycles. The largest absolute Gasteiger partial charge is 0.444 e. The summed E-state index contributed by atoms with van der Waals surface area (Å²) in [4.78, 5) is 13.6. The molecule has 1 amide bonds. The molecule has 114 valence electrons. The first-order valence-electron chi connectivity index (χ1n) is 6.66. The molecule has 0 heterocycles. The first-order chi connectivity index (χ1) is 8.80. The Morgan fingerprint density at radius 1 is 1.42 bits per heavy atom. The van der Waals surface area contributed by atoms with Crippen molar-refractivity contribution >= 4 is 6.09 Å². The van der Waals surface area contributed by atoms with E-state index in [-0.39, 0.29) is 12.1 Å². The molecule has 1 atom stereocenters. The van der Waals surface area contributed by atoms with E-state index in [1.54, 1.807) is 7.11 Å². The zero-order valence-corrected chi connectivity index (χ0v) is 12.9. The number of amides is 1. The molecular formula is C13H29N3O3.